The molecule has 114 valence electrons. The Morgan fingerprint density at radius 2 is 1.95 bits per heavy atom. The molecule has 0 radical (unpaired) electrons. The second-order valence-corrected chi connectivity index (χ2v) is 4.78. The molecule has 1 saturated heterocycles. The molecule has 4 nitrogen and oxygen atoms in total. The summed E-state index contributed by atoms with van der Waals surface area (Å²) in [7, 11) is 1.51. The van der Waals surface area contributed by atoms with Crippen molar-refractivity contribution >= 4 is 11.8 Å². The number of halogens is 2. The Balaban J connectivity index is 2.14. The first-order valence-corrected chi connectivity index (χ1v) is 6.68. The smallest absolute Gasteiger partial charge is 0.414 e. The van der Waals surface area contributed by atoms with Crippen LogP contribution in [0.3, 0.4) is 0 Å². The molecule has 1 amide bonds. The predicted octanol–water partition coefficient (Wildman–Crippen LogP) is 3.60. The summed E-state index contributed by atoms with van der Waals surface area (Å²) in [4.78, 5) is 13.2. The minimum Gasteiger partial charge on any atom is -0.497 e. The SMILES string of the molecule is COc1ccc(N2CCOC2=O)c(-c2ccc(F)c(F)c2)c1. The van der Waals surface area contributed by atoms with E-state index in [0.29, 0.717) is 35.7 Å². The highest BCUT2D eigenvalue weighted by Gasteiger charge is 2.26. The first kappa shape index (κ1) is 14.3. The van der Waals surface area contributed by atoms with Crippen molar-refractivity contribution in [2.24, 2.45) is 0 Å². The Hall–Kier alpha value is -2.63. The molecule has 1 heterocycles. The fraction of sp³-hybridized carbons (Fsp3) is 0.188. The van der Waals surface area contributed by atoms with Gasteiger partial charge in [0.2, 0.25) is 0 Å². The van der Waals surface area contributed by atoms with E-state index in [1.54, 1.807) is 18.2 Å². The number of hydrogen-bond donors (Lipinski definition) is 0. The second-order valence-electron chi connectivity index (χ2n) is 4.78. The van der Waals surface area contributed by atoms with Gasteiger partial charge < -0.3 is 9.47 Å². The van der Waals surface area contributed by atoms with Crippen LogP contribution in [0.1, 0.15) is 0 Å². The van der Waals surface area contributed by atoms with Gasteiger partial charge in [-0.15, -0.1) is 0 Å². The molecule has 0 aromatic heterocycles. The second kappa shape index (κ2) is 5.63. The number of methoxy groups -OCH3 is 1. The van der Waals surface area contributed by atoms with E-state index in [1.165, 1.54) is 18.1 Å². The molecule has 1 aliphatic rings. The maximum Gasteiger partial charge on any atom is 0.414 e. The van der Waals surface area contributed by atoms with Crippen molar-refractivity contribution in [3.63, 3.8) is 0 Å². The molecule has 0 saturated carbocycles. The average Bonchev–Trinajstić information content (AvgIpc) is 2.95. The number of carbonyl (C=O) groups is 1. The van der Waals surface area contributed by atoms with Gasteiger partial charge in [-0.1, -0.05) is 6.07 Å². The third-order valence-electron chi connectivity index (χ3n) is 3.49. The maximum absolute atomic E-state index is 13.5. The van der Waals surface area contributed by atoms with Crippen LogP contribution in [0.4, 0.5) is 19.3 Å². The summed E-state index contributed by atoms with van der Waals surface area (Å²) < 4.78 is 36.8. The fourth-order valence-corrected chi connectivity index (χ4v) is 2.38. The minimum absolute atomic E-state index is 0.294. The largest absolute Gasteiger partial charge is 0.497 e. The summed E-state index contributed by atoms with van der Waals surface area (Å²) in [6.45, 7) is 0.698. The van der Waals surface area contributed by atoms with Crippen molar-refractivity contribution in [3.05, 3.63) is 48.0 Å². The van der Waals surface area contributed by atoms with Gasteiger partial charge in [-0.25, -0.2) is 13.6 Å². The zero-order chi connectivity index (χ0) is 15.7. The van der Waals surface area contributed by atoms with E-state index in [2.05, 4.69) is 0 Å². The summed E-state index contributed by atoms with van der Waals surface area (Å²) in [6.07, 6.45) is -0.464. The Morgan fingerprint density at radius 1 is 1.14 bits per heavy atom. The van der Waals surface area contributed by atoms with Crippen LogP contribution in [-0.2, 0) is 4.74 Å². The van der Waals surface area contributed by atoms with E-state index in [9.17, 15) is 13.6 Å². The Labute approximate surface area is 125 Å². The number of ether oxygens (including phenoxy) is 2. The van der Waals surface area contributed by atoms with Gasteiger partial charge in [0.25, 0.3) is 0 Å². The quantitative estimate of drug-likeness (QED) is 0.869. The van der Waals surface area contributed by atoms with Gasteiger partial charge in [0.05, 0.1) is 19.3 Å². The molecular weight excluding hydrogens is 292 g/mol. The van der Waals surface area contributed by atoms with Crippen LogP contribution in [0.15, 0.2) is 36.4 Å². The van der Waals surface area contributed by atoms with E-state index in [1.807, 2.05) is 0 Å². The van der Waals surface area contributed by atoms with E-state index < -0.39 is 17.7 Å². The minimum atomic E-state index is -0.949. The molecule has 2 aromatic carbocycles. The van der Waals surface area contributed by atoms with E-state index >= 15 is 0 Å². The number of rotatable bonds is 3. The van der Waals surface area contributed by atoms with Gasteiger partial charge in [-0.2, -0.15) is 0 Å². The lowest BCUT2D eigenvalue weighted by Gasteiger charge is -2.18. The maximum atomic E-state index is 13.5. The van der Waals surface area contributed by atoms with Gasteiger partial charge in [-0.3, -0.25) is 4.90 Å². The molecule has 1 fully saturated rings. The van der Waals surface area contributed by atoms with Crippen LogP contribution in [0.25, 0.3) is 11.1 Å². The number of cyclic esters (lactones) is 1. The Kier molecular flexibility index (Phi) is 3.66. The van der Waals surface area contributed by atoms with Crippen molar-refractivity contribution in [2.75, 3.05) is 25.2 Å². The van der Waals surface area contributed by atoms with E-state index in [0.717, 1.165) is 12.1 Å². The summed E-state index contributed by atoms with van der Waals surface area (Å²) >= 11 is 0. The van der Waals surface area contributed by atoms with E-state index in [4.69, 9.17) is 9.47 Å². The molecule has 2 aromatic rings. The summed E-state index contributed by atoms with van der Waals surface area (Å²) in [5, 5.41) is 0. The van der Waals surface area contributed by atoms with Crippen molar-refractivity contribution in [2.45, 2.75) is 0 Å². The monoisotopic (exact) mass is 305 g/mol. The topological polar surface area (TPSA) is 38.8 Å². The first-order chi connectivity index (χ1) is 10.6. The number of hydrogen-bond acceptors (Lipinski definition) is 3. The Morgan fingerprint density at radius 3 is 2.59 bits per heavy atom. The lowest BCUT2D eigenvalue weighted by atomic mass is 10.0. The number of benzene rings is 2. The van der Waals surface area contributed by atoms with Crippen LogP contribution in [-0.4, -0.2) is 26.4 Å². The van der Waals surface area contributed by atoms with E-state index in [-0.39, 0.29) is 0 Å². The van der Waals surface area contributed by atoms with Gasteiger partial charge in [0.15, 0.2) is 11.6 Å². The van der Waals surface area contributed by atoms with Crippen LogP contribution < -0.4 is 9.64 Å². The number of nitrogens with zero attached hydrogens (tertiary/aromatic N) is 1. The van der Waals surface area contributed by atoms with Crippen LogP contribution in [0.2, 0.25) is 0 Å². The molecular formula is C16H13F2NO3. The molecule has 0 atom stereocenters. The van der Waals surface area contributed by atoms with Gasteiger partial charge >= 0.3 is 6.09 Å². The van der Waals surface area contributed by atoms with Crippen LogP contribution >= 0.6 is 0 Å². The van der Waals surface area contributed by atoms with Gasteiger partial charge in [-0.05, 0) is 35.9 Å². The summed E-state index contributed by atoms with van der Waals surface area (Å²) in [5.74, 6) is -1.32. The van der Waals surface area contributed by atoms with Crippen LogP contribution in [0.5, 0.6) is 5.75 Å². The third-order valence-corrected chi connectivity index (χ3v) is 3.49. The molecule has 3 rings (SSSR count). The highest BCUT2D eigenvalue weighted by molar-refractivity contribution is 5.95. The number of carbonyl (C=O) groups excluding carboxylic acids is 1. The molecule has 0 bridgehead atoms. The molecule has 0 aliphatic carbocycles. The molecule has 22 heavy (non-hydrogen) atoms. The molecule has 0 N–H and O–H groups in total. The number of anilines is 1. The number of amides is 1. The lowest BCUT2D eigenvalue weighted by molar-refractivity contribution is 0.181. The Bertz CT molecular complexity index is 733. The average molecular weight is 305 g/mol. The van der Waals surface area contributed by atoms with Crippen LogP contribution in [0, 0.1) is 11.6 Å². The van der Waals surface area contributed by atoms with Gasteiger partial charge in [0.1, 0.15) is 12.4 Å². The summed E-state index contributed by atoms with van der Waals surface area (Å²) in [6, 6.07) is 8.67. The van der Waals surface area contributed by atoms with Crippen molar-refractivity contribution in [1.82, 2.24) is 0 Å². The normalized spacial score (nSPS) is 14.1. The highest BCUT2D eigenvalue weighted by atomic mass is 19.2. The van der Waals surface area contributed by atoms with Crippen molar-refractivity contribution in [3.8, 4) is 16.9 Å². The fourth-order valence-electron chi connectivity index (χ4n) is 2.38. The van der Waals surface area contributed by atoms with Crippen molar-refractivity contribution in [1.29, 1.82) is 0 Å². The molecule has 0 unspecified atom stereocenters. The first-order valence-electron chi connectivity index (χ1n) is 6.68. The van der Waals surface area contributed by atoms with Crippen molar-refractivity contribution < 1.29 is 23.0 Å². The lowest BCUT2D eigenvalue weighted by Crippen LogP contribution is -2.23. The standard InChI is InChI=1S/C16H13F2NO3/c1-21-11-3-5-15(19-6-7-22-16(19)20)12(9-11)10-2-4-13(17)14(18)8-10/h2-5,8-9H,6-7H2,1H3. The third kappa shape index (κ3) is 2.47. The van der Waals surface area contributed by atoms with Gasteiger partial charge in [0, 0.05) is 5.56 Å². The zero-order valence-electron chi connectivity index (χ0n) is 11.8. The molecule has 6 heteroatoms. The molecule has 1 aliphatic heterocycles. The highest BCUT2D eigenvalue weighted by Crippen LogP contribution is 2.36. The molecule has 0 spiro atoms. The predicted molar refractivity (Wildman–Crippen MR) is 77.0 cm³/mol. The summed E-state index contributed by atoms with van der Waals surface area (Å²) in [5.41, 5.74) is 1.58. The zero-order valence-corrected chi connectivity index (χ0v) is 11.8.